The Hall–Kier alpha value is -3.62. The van der Waals surface area contributed by atoms with E-state index in [1.54, 1.807) is 31.2 Å². The molecule has 1 aliphatic rings. The van der Waals surface area contributed by atoms with E-state index in [1.807, 2.05) is 0 Å². The molecule has 8 nitrogen and oxygen atoms in total. The summed E-state index contributed by atoms with van der Waals surface area (Å²) in [5, 5.41) is 16.8. The van der Waals surface area contributed by atoms with Crippen LogP contribution >= 0.6 is 0 Å². The molecule has 1 atom stereocenters. The highest BCUT2D eigenvalue weighted by Crippen LogP contribution is 2.33. The second kappa shape index (κ2) is 6.60. The summed E-state index contributed by atoms with van der Waals surface area (Å²) in [7, 11) is 0. The van der Waals surface area contributed by atoms with Gasteiger partial charge in [0.05, 0.1) is 11.6 Å². The molecule has 2 amide bonds. The summed E-state index contributed by atoms with van der Waals surface area (Å²) in [6.45, 7) is 1.76. The number of carbonyl (C=O) groups excluding carboxylic acids is 2. The summed E-state index contributed by atoms with van der Waals surface area (Å²) in [5.74, 6) is -1.30. The first kappa shape index (κ1) is 16.8. The van der Waals surface area contributed by atoms with Crippen LogP contribution in [0.3, 0.4) is 0 Å². The number of rotatable bonds is 3. The maximum Gasteiger partial charge on any atom is 0.232 e. The van der Waals surface area contributed by atoms with Crippen LogP contribution in [0.15, 0.2) is 42.5 Å². The molecule has 1 aliphatic heterocycles. The van der Waals surface area contributed by atoms with E-state index in [1.165, 1.54) is 22.9 Å². The molecule has 4 rings (SSSR count). The minimum absolute atomic E-state index is 0.0475. The molecule has 0 saturated heterocycles. The Morgan fingerprint density at radius 3 is 2.93 bits per heavy atom. The number of nitrogens with one attached hydrogen (secondary N) is 2. The number of benzene rings is 2. The Balaban J connectivity index is 1.61. The van der Waals surface area contributed by atoms with Crippen molar-refractivity contribution in [2.24, 2.45) is 0 Å². The highest BCUT2D eigenvalue weighted by Gasteiger charge is 2.31. The lowest BCUT2D eigenvalue weighted by Gasteiger charge is -2.25. The van der Waals surface area contributed by atoms with Gasteiger partial charge in [0.1, 0.15) is 5.82 Å². The number of aromatic nitrogens is 4. The zero-order chi connectivity index (χ0) is 19.0. The predicted octanol–water partition coefficient (Wildman–Crippen LogP) is 2.17. The number of anilines is 2. The van der Waals surface area contributed by atoms with Crippen molar-refractivity contribution in [2.75, 3.05) is 10.6 Å². The van der Waals surface area contributed by atoms with Crippen LogP contribution in [0.5, 0.6) is 0 Å². The van der Waals surface area contributed by atoms with Crippen molar-refractivity contribution in [3.05, 3.63) is 59.7 Å². The first-order valence-electron chi connectivity index (χ1n) is 8.27. The third kappa shape index (κ3) is 3.26. The molecule has 0 radical (unpaired) electrons. The molecular formula is C18H15FN6O2. The van der Waals surface area contributed by atoms with Crippen LogP contribution in [0.2, 0.25) is 0 Å². The average molecular weight is 366 g/mol. The van der Waals surface area contributed by atoms with Crippen molar-refractivity contribution >= 4 is 23.2 Å². The molecule has 136 valence electrons. The average Bonchev–Trinajstić information content (AvgIpc) is 3.07. The van der Waals surface area contributed by atoms with Crippen LogP contribution in [0.25, 0.3) is 5.69 Å². The van der Waals surface area contributed by atoms with E-state index in [4.69, 9.17) is 0 Å². The standard InChI is InChI=1S/C18H15FN6O2/c1-10-22-23-24-25(10)13-4-2-3-12(8-13)20-18(27)15-9-17(26)21-16-6-5-11(19)7-14(15)16/h2-8,15H,9H2,1H3,(H,20,27)(H,21,26). The monoisotopic (exact) mass is 366 g/mol. The SMILES string of the molecule is Cc1nnnn1-c1cccc(NC(=O)C2CC(=O)Nc3ccc(F)cc32)c1. The summed E-state index contributed by atoms with van der Waals surface area (Å²) in [6.07, 6.45) is -0.0475. The maximum atomic E-state index is 13.6. The fourth-order valence-electron chi connectivity index (χ4n) is 3.08. The lowest BCUT2D eigenvalue weighted by molar-refractivity contribution is -0.123. The Kier molecular flexibility index (Phi) is 4.11. The van der Waals surface area contributed by atoms with E-state index < -0.39 is 11.7 Å². The molecule has 0 spiro atoms. The van der Waals surface area contributed by atoms with Gasteiger partial charge in [-0.15, -0.1) is 5.10 Å². The van der Waals surface area contributed by atoms with Gasteiger partial charge < -0.3 is 10.6 Å². The molecular weight excluding hydrogens is 351 g/mol. The number of carbonyl (C=O) groups is 2. The third-order valence-corrected chi connectivity index (χ3v) is 4.35. The minimum atomic E-state index is -0.775. The Bertz CT molecular complexity index is 1050. The van der Waals surface area contributed by atoms with Crippen molar-refractivity contribution in [2.45, 2.75) is 19.3 Å². The van der Waals surface area contributed by atoms with Gasteiger partial charge in [-0.1, -0.05) is 6.07 Å². The smallest absolute Gasteiger partial charge is 0.232 e. The molecule has 0 aliphatic carbocycles. The van der Waals surface area contributed by atoms with Crippen molar-refractivity contribution in [3.63, 3.8) is 0 Å². The van der Waals surface area contributed by atoms with Crippen LogP contribution in [0, 0.1) is 12.7 Å². The number of hydrogen-bond donors (Lipinski definition) is 2. The first-order chi connectivity index (χ1) is 13.0. The van der Waals surface area contributed by atoms with E-state index in [0.29, 0.717) is 28.5 Å². The van der Waals surface area contributed by atoms with Gasteiger partial charge in [0, 0.05) is 17.8 Å². The van der Waals surface area contributed by atoms with Crippen molar-refractivity contribution in [1.82, 2.24) is 20.2 Å². The van der Waals surface area contributed by atoms with Gasteiger partial charge in [-0.2, -0.15) is 4.68 Å². The Morgan fingerprint density at radius 2 is 2.15 bits per heavy atom. The molecule has 2 aromatic carbocycles. The number of fused-ring (bicyclic) bond motifs is 1. The molecule has 2 heterocycles. The molecule has 1 unspecified atom stereocenters. The highest BCUT2D eigenvalue weighted by molar-refractivity contribution is 6.05. The number of aryl methyl sites for hydroxylation is 1. The van der Waals surface area contributed by atoms with E-state index in [2.05, 4.69) is 26.2 Å². The van der Waals surface area contributed by atoms with Gasteiger partial charge in [0.2, 0.25) is 11.8 Å². The van der Waals surface area contributed by atoms with E-state index >= 15 is 0 Å². The van der Waals surface area contributed by atoms with Crippen molar-refractivity contribution in [1.29, 1.82) is 0 Å². The van der Waals surface area contributed by atoms with Crippen LogP contribution in [-0.4, -0.2) is 32.0 Å². The number of tetrazole rings is 1. The molecule has 2 N–H and O–H groups in total. The molecule has 0 fully saturated rings. The van der Waals surface area contributed by atoms with E-state index in [0.717, 1.165) is 0 Å². The summed E-state index contributed by atoms with van der Waals surface area (Å²) in [6, 6.07) is 11.0. The maximum absolute atomic E-state index is 13.6. The molecule has 1 aromatic heterocycles. The third-order valence-electron chi connectivity index (χ3n) is 4.35. The molecule has 0 saturated carbocycles. The highest BCUT2D eigenvalue weighted by atomic mass is 19.1. The van der Waals surface area contributed by atoms with Gasteiger partial charge in [-0.05, 0) is 59.3 Å². The largest absolute Gasteiger partial charge is 0.326 e. The van der Waals surface area contributed by atoms with Crippen molar-refractivity contribution < 1.29 is 14.0 Å². The number of hydrogen-bond acceptors (Lipinski definition) is 5. The van der Waals surface area contributed by atoms with E-state index in [-0.39, 0.29) is 18.2 Å². The van der Waals surface area contributed by atoms with Gasteiger partial charge in [0.25, 0.3) is 0 Å². The number of halogens is 1. The Labute approximate surface area is 153 Å². The van der Waals surface area contributed by atoms with Crippen LogP contribution in [0.4, 0.5) is 15.8 Å². The van der Waals surface area contributed by atoms with Gasteiger partial charge in [0.15, 0.2) is 5.82 Å². The minimum Gasteiger partial charge on any atom is -0.326 e. The van der Waals surface area contributed by atoms with Crippen molar-refractivity contribution in [3.8, 4) is 5.69 Å². The fraction of sp³-hybridized carbons (Fsp3) is 0.167. The first-order valence-corrected chi connectivity index (χ1v) is 8.27. The quantitative estimate of drug-likeness (QED) is 0.740. The zero-order valence-electron chi connectivity index (χ0n) is 14.3. The van der Waals surface area contributed by atoms with Gasteiger partial charge in [-0.25, -0.2) is 4.39 Å². The molecule has 9 heteroatoms. The number of nitrogens with zero attached hydrogens (tertiary/aromatic N) is 4. The zero-order valence-corrected chi connectivity index (χ0v) is 14.3. The lowest BCUT2D eigenvalue weighted by atomic mass is 9.89. The Morgan fingerprint density at radius 1 is 1.30 bits per heavy atom. The second-order valence-corrected chi connectivity index (χ2v) is 6.21. The second-order valence-electron chi connectivity index (χ2n) is 6.21. The lowest BCUT2D eigenvalue weighted by Crippen LogP contribution is -2.31. The molecule has 27 heavy (non-hydrogen) atoms. The van der Waals surface area contributed by atoms with Gasteiger partial charge >= 0.3 is 0 Å². The molecule has 3 aromatic rings. The summed E-state index contributed by atoms with van der Waals surface area (Å²) in [4.78, 5) is 24.7. The van der Waals surface area contributed by atoms with Crippen LogP contribution < -0.4 is 10.6 Å². The normalized spacial score (nSPS) is 15.8. The summed E-state index contributed by atoms with van der Waals surface area (Å²) in [5.41, 5.74) is 2.12. The molecule has 0 bridgehead atoms. The van der Waals surface area contributed by atoms with Gasteiger partial charge in [-0.3, -0.25) is 9.59 Å². The van der Waals surface area contributed by atoms with Crippen LogP contribution in [-0.2, 0) is 9.59 Å². The summed E-state index contributed by atoms with van der Waals surface area (Å²) < 4.78 is 15.2. The van der Waals surface area contributed by atoms with E-state index in [9.17, 15) is 14.0 Å². The number of amides is 2. The fourth-order valence-corrected chi connectivity index (χ4v) is 3.08. The predicted molar refractivity (Wildman–Crippen MR) is 94.9 cm³/mol. The topological polar surface area (TPSA) is 102 Å². The van der Waals surface area contributed by atoms with Crippen LogP contribution in [0.1, 0.15) is 23.7 Å². The summed E-state index contributed by atoms with van der Waals surface area (Å²) >= 11 is 0.